The Morgan fingerprint density at radius 1 is 0.951 bits per heavy atom. The summed E-state index contributed by atoms with van der Waals surface area (Å²) in [6.07, 6.45) is 1.96. The highest BCUT2D eigenvalue weighted by Crippen LogP contribution is 2.29. The zero-order valence-electron chi connectivity index (χ0n) is 23.8. The van der Waals surface area contributed by atoms with Crippen molar-refractivity contribution >= 4 is 27.5 Å². The lowest BCUT2D eigenvalue weighted by molar-refractivity contribution is -0.130. The summed E-state index contributed by atoms with van der Waals surface area (Å²) in [5.74, 6) is 0.215. The van der Waals surface area contributed by atoms with Gasteiger partial charge in [-0.3, -0.25) is 14.3 Å². The fourth-order valence-corrected chi connectivity index (χ4v) is 5.37. The molecule has 1 aliphatic rings. The number of rotatable bonds is 10. The number of carbonyl (C=O) groups excluding carboxylic acids is 2. The second-order valence-corrected chi connectivity index (χ2v) is 13.2. The van der Waals surface area contributed by atoms with Gasteiger partial charge in [-0.2, -0.15) is 21.6 Å². The van der Waals surface area contributed by atoms with Gasteiger partial charge in [0.1, 0.15) is 0 Å². The number of benzene rings is 2. The van der Waals surface area contributed by atoms with E-state index in [0.717, 1.165) is 18.4 Å². The molecule has 2 atom stereocenters. The second-order valence-electron chi connectivity index (χ2n) is 11.6. The first kappa shape index (κ1) is 32.4. The number of anilines is 1. The molecule has 1 aliphatic heterocycles. The molecule has 2 amide bonds. The minimum atomic E-state index is -5.53. The number of likely N-dealkylation sites (tertiary alicyclic amines) is 1. The largest absolute Gasteiger partial charge is 0.516 e. The summed E-state index contributed by atoms with van der Waals surface area (Å²) in [5, 5.41) is 6.68. The molecule has 0 bridgehead atoms. The van der Waals surface area contributed by atoms with Crippen molar-refractivity contribution in [2.45, 2.75) is 64.5 Å². The molecule has 0 aliphatic carbocycles. The molecule has 0 radical (unpaired) electrons. The Kier molecular flexibility index (Phi) is 10.5. The van der Waals surface area contributed by atoms with E-state index in [4.69, 9.17) is 0 Å². The van der Waals surface area contributed by atoms with Gasteiger partial charge < -0.3 is 15.5 Å². The van der Waals surface area contributed by atoms with Crippen LogP contribution in [0.25, 0.3) is 0 Å². The molecule has 1 fully saturated rings. The summed E-state index contributed by atoms with van der Waals surface area (Å²) >= 11 is 0. The third-order valence-electron chi connectivity index (χ3n) is 7.37. The van der Waals surface area contributed by atoms with E-state index in [1.54, 1.807) is 28.7 Å². The number of amides is 2. The van der Waals surface area contributed by atoms with Crippen molar-refractivity contribution in [1.82, 2.24) is 15.5 Å². The highest BCUT2D eigenvalue weighted by molar-refractivity contribution is 7.93. The molecule has 2 aromatic rings. The topological polar surface area (TPSA) is 108 Å². The van der Waals surface area contributed by atoms with E-state index in [9.17, 15) is 31.2 Å². The maximum atomic E-state index is 13.0. The van der Waals surface area contributed by atoms with Crippen molar-refractivity contribution in [3.63, 3.8) is 0 Å². The third kappa shape index (κ3) is 9.19. The second kappa shape index (κ2) is 13.2. The van der Waals surface area contributed by atoms with Gasteiger partial charge in [0.25, 0.3) is 0 Å². The van der Waals surface area contributed by atoms with Gasteiger partial charge in [-0.1, -0.05) is 63.2 Å². The molecule has 0 aromatic heterocycles. The number of nitrogens with one attached hydrogen (secondary N) is 3. The number of piperidine rings is 1. The number of halogens is 3. The van der Waals surface area contributed by atoms with Crippen molar-refractivity contribution in [2.24, 2.45) is 11.3 Å². The SMILES string of the molecule is CC(=O)N1CCC(CC(=O)N[C@H](CNC(c2ccccc2)c2ccc(NS(=O)(=O)C(F)(F)F)cc2)C(C)(C)C)CC1. The number of nitrogens with zero attached hydrogens (tertiary/aromatic N) is 1. The van der Waals surface area contributed by atoms with Gasteiger partial charge >= 0.3 is 15.5 Å². The van der Waals surface area contributed by atoms with E-state index in [1.165, 1.54) is 12.1 Å². The molecule has 1 unspecified atom stereocenters. The van der Waals surface area contributed by atoms with Gasteiger partial charge in [-0.25, -0.2) is 0 Å². The Bertz CT molecular complexity index is 1270. The van der Waals surface area contributed by atoms with Crippen LogP contribution in [0.5, 0.6) is 0 Å². The summed E-state index contributed by atoms with van der Waals surface area (Å²) < 4.78 is 62.9. The maximum absolute atomic E-state index is 13.0. The lowest BCUT2D eigenvalue weighted by atomic mass is 9.85. The smallest absolute Gasteiger partial charge is 0.352 e. The van der Waals surface area contributed by atoms with Gasteiger partial charge in [0.2, 0.25) is 11.8 Å². The maximum Gasteiger partial charge on any atom is 0.516 e. The Balaban J connectivity index is 1.71. The predicted molar refractivity (Wildman–Crippen MR) is 152 cm³/mol. The van der Waals surface area contributed by atoms with Gasteiger partial charge in [-0.05, 0) is 47.4 Å². The van der Waals surface area contributed by atoms with E-state index < -0.39 is 15.5 Å². The van der Waals surface area contributed by atoms with Crippen molar-refractivity contribution in [2.75, 3.05) is 24.4 Å². The summed E-state index contributed by atoms with van der Waals surface area (Å²) in [6, 6.07) is 14.5. The van der Waals surface area contributed by atoms with Gasteiger partial charge in [-0.15, -0.1) is 0 Å². The molecule has 226 valence electrons. The molecule has 3 N–H and O–H groups in total. The van der Waals surface area contributed by atoms with Crippen LogP contribution in [0.4, 0.5) is 18.9 Å². The molecule has 0 saturated carbocycles. The van der Waals surface area contributed by atoms with E-state index in [1.807, 2.05) is 51.1 Å². The fraction of sp³-hybridized carbons (Fsp3) is 0.517. The molecule has 12 heteroatoms. The Labute approximate surface area is 240 Å². The first-order chi connectivity index (χ1) is 19.1. The Hall–Kier alpha value is -3.12. The van der Waals surface area contributed by atoms with Crippen LogP contribution < -0.4 is 15.4 Å². The minimum Gasteiger partial charge on any atom is -0.352 e. The summed E-state index contributed by atoms with van der Waals surface area (Å²) in [5.41, 5.74) is -4.30. The molecular weight excluding hydrogens is 557 g/mol. The van der Waals surface area contributed by atoms with Crippen LogP contribution in [0.15, 0.2) is 54.6 Å². The van der Waals surface area contributed by atoms with E-state index in [0.29, 0.717) is 31.6 Å². The van der Waals surface area contributed by atoms with Gasteiger partial charge in [0.15, 0.2) is 0 Å². The zero-order valence-corrected chi connectivity index (χ0v) is 24.6. The number of alkyl halides is 3. The van der Waals surface area contributed by atoms with Crippen LogP contribution in [-0.2, 0) is 19.6 Å². The molecule has 8 nitrogen and oxygen atoms in total. The first-order valence-electron chi connectivity index (χ1n) is 13.6. The zero-order chi connectivity index (χ0) is 30.4. The molecule has 1 heterocycles. The normalized spacial score (nSPS) is 16.6. The van der Waals surface area contributed by atoms with Crippen LogP contribution in [0.1, 0.15) is 64.1 Å². The highest BCUT2D eigenvalue weighted by Gasteiger charge is 2.46. The van der Waals surface area contributed by atoms with Crippen LogP contribution in [0.3, 0.4) is 0 Å². The van der Waals surface area contributed by atoms with Crippen LogP contribution in [0.2, 0.25) is 0 Å². The monoisotopic (exact) mass is 596 g/mol. The van der Waals surface area contributed by atoms with Crippen molar-refractivity contribution in [3.8, 4) is 0 Å². The van der Waals surface area contributed by atoms with Crippen LogP contribution >= 0.6 is 0 Å². The van der Waals surface area contributed by atoms with Crippen molar-refractivity contribution < 1.29 is 31.2 Å². The number of carbonyl (C=O) groups is 2. The summed E-state index contributed by atoms with van der Waals surface area (Å²) in [7, 11) is -5.53. The predicted octanol–water partition coefficient (Wildman–Crippen LogP) is 4.81. The quantitative estimate of drug-likeness (QED) is 0.365. The first-order valence-corrected chi connectivity index (χ1v) is 15.1. The molecule has 3 rings (SSSR count). The van der Waals surface area contributed by atoms with Crippen LogP contribution in [-0.4, -0.2) is 56.3 Å². The summed E-state index contributed by atoms with van der Waals surface area (Å²) in [6.45, 7) is 9.37. The molecule has 1 saturated heterocycles. The average Bonchev–Trinajstić information content (AvgIpc) is 2.88. The lowest BCUT2D eigenvalue weighted by Crippen LogP contribution is -2.50. The Morgan fingerprint density at radius 2 is 1.51 bits per heavy atom. The van der Waals surface area contributed by atoms with Crippen molar-refractivity contribution in [1.29, 1.82) is 0 Å². The lowest BCUT2D eigenvalue weighted by Gasteiger charge is -2.35. The van der Waals surface area contributed by atoms with Gasteiger partial charge in [0, 0.05) is 44.7 Å². The Morgan fingerprint density at radius 3 is 2.02 bits per heavy atom. The molecule has 41 heavy (non-hydrogen) atoms. The number of hydrogen-bond donors (Lipinski definition) is 3. The van der Waals surface area contributed by atoms with Gasteiger partial charge in [0.05, 0.1) is 6.04 Å². The minimum absolute atomic E-state index is 0.0504. The third-order valence-corrected chi connectivity index (χ3v) is 8.49. The van der Waals surface area contributed by atoms with Crippen molar-refractivity contribution in [3.05, 3.63) is 65.7 Å². The molecule has 0 spiro atoms. The number of hydrogen-bond acceptors (Lipinski definition) is 5. The standard InChI is InChI=1S/C29H39F3N4O4S/c1-20(37)36-16-14-21(15-17-36)18-26(38)34-25(28(2,3)4)19-33-27(22-8-6-5-7-9-22)23-10-12-24(13-11-23)35-41(39,40)29(30,31)32/h5-13,21,25,27,33,35H,14-19H2,1-4H3,(H,34,38)/t25-,27?/m1/s1. The van der Waals surface area contributed by atoms with E-state index >= 15 is 0 Å². The van der Waals surface area contributed by atoms with E-state index in [2.05, 4.69) is 10.6 Å². The average molecular weight is 597 g/mol. The highest BCUT2D eigenvalue weighted by atomic mass is 32.2. The molecular formula is C29H39F3N4O4S. The fourth-order valence-electron chi connectivity index (χ4n) is 4.81. The summed E-state index contributed by atoms with van der Waals surface area (Å²) in [4.78, 5) is 26.4. The van der Waals surface area contributed by atoms with E-state index in [-0.39, 0.29) is 40.9 Å². The molecule has 2 aromatic carbocycles. The van der Waals surface area contributed by atoms with Crippen LogP contribution in [0, 0.1) is 11.3 Å². The number of sulfonamides is 1.